The van der Waals surface area contributed by atoms with Gasteiger partial charge in [0, 0.05) is 6.20 Å². The highest BCUT2D eigenvalue weighted by Crippen LogP contribution is 2.25. The minimum absolute atomic E-state index is 0.265. The fraction of sp³-hybridized carbons (Fsp3) is 0. The molecule has 5 nitrogen and oxygen atoms in total. The molecular formula is C10H5F2N3O2S. The summed E-state index contributed by atoms with van der Waals surface area (Å²) in [4.78, 5) is -0.855. The van der Waals surface area contributed by atoms with Gasteiger partial charge in [0.25, 0.3) is 0 Å². The summed E-state index contributed by atoms with van der Waals surface area (Å²) in [7, 11) is -4.37. The van der Waals surface area contributed by atoms with Crippen molar-refractivity contribution in [3.63, 3.8) is 0 Å². The van der Waals surface area contributed by atoms with Gasteiger partial charge in [-0.1, -0.05) is 6.07 Å². The number of hydrogen-bond acceptors (Lipinski definition) is 4. The maximum atomic E-state index is 13.4. The molecule has 18 heavy (non-hydrogen) atoms. The number of rotatable bonds is 2. The number of H-pyrrole nitrogens is 1. The number of aromatic nitrogens is 2. The molecule has 1 heterocycles. The van der Waals surface area contributed by atoms with Gasteiger partial charge in [0.15, 0.2) is 16.7 Å². The molecule has 2 rings (SSSR count). The molecule has 0 saturated heterocycles. The van der Waals surface area contributed by atoms with E-state index in [1.807, 2.05) is 0 Å². The molecule has 0 amide bonds. The number of hydrogen-bond donors (Lipinski definition) is 1. The average molecular weight is 269 g/mol. The summed E-state index contributed by atoms with van der Waals surface area (Å²) in [6.07, 6.45) is 1.06. The summed E-state index contributed by atoms with van der Waals surface area (Å²) in [6.45, 7) is 0. The van der Waals surface area contributed by atoms with Gasteiger partial charge in [0.05, 0.1) is 0 Å². The molecule has 0 saturated carbocycles. The van der Waals surface area contributed by atoms with Gasteiger partial charge in [-0.25, -0.2) is 17.2 Å². The Morgan fingerprint density at radius 3 is 2.72 bits per heavy atom. The molecule has 92 valence electrons. The van der Waals surface area contributed by atoms with Crippen LogP contribution in [0.25, 0.3) is 0 Å². The van der Waals surface area contributed by atoms with E-state index in [4.69, 9.17) is 5.26 Å². The third-order valence-electron chi connectivity index (χ3n) is 2.19. The third kappa shape index (κ3) is 1.74. The zero-order valence-corrected chi connectivity index (χ0v) is 9.50. The summed E-state index contributed by atoms with van der Waals surface area (Å²) in [5.41, 5.74) is -0.265. The van der Waals surface area contributed by atoms with Crippen molar-refractivity contribution in [1.82, 2.24) is 10.2 Å². The van der Waals surface area contributed by atoms with Gasteiger partial charge in [-0.3, -0.25) is 5.10 Å². The van der Waals surface area contributed by atoms with E-state index in [0.717, 1.165) is 24.4 Å². The van der Waals surface area contributed by atoms with Crippen LogP contribution >= 0.6 is 0 Å². The second-order valence-electron chi connectivity index (χ2n) is 3.27. The molecule has 0 aliphatic rings. The normalized spacial score (nSPS) is 11.2. The van der Waals surface area contributed by atoms with Crippen LogP contribution in [0, 0.1) is 23.0 Å². The molecule has 2 aromatic rings. The van der Waals surface area contributed by atoms with E-state index in [2.05, 4.69) is 10.2 Å². The first kappa shape index (κ1) is 12.2. The van der Waals surface area contributed by atoms with Gasteiger partial charge in [-0.15, -0.1) is 0 Å². The summed E-state index contributed by atoms with van der Waals surface area (Å²) < 4.78 is 50.5. The Balaban J connectivity index is 2.71. The van der Waals surface area contributed by atoms with E-state index in [1.54, 1.807) is 6.07 Å². The van der Waals surface area contributed by atoms with Crippen LogP contribution in [0.4, 0.5) is 8.78 Å². The van der Waals surface area contributed by atoms with Crippen LogP contribution < -0.4 is 0 Å². The Kier molecular flexibility index (Phi) is 2.84. The Morgan fingerprint density at radius 2 is 2.06 bits per heavy atom. The lowest BCUT2D eigenvalue weighted by Gasteiger charge is -2.03. The van der Waals surface area contributed by atoms with Crippen molar-refractivity contribution in [3.05, 3.63) is 41.6 Å². The maximum absolute atomic E-state index is 13.4. The first-order chi connectivity index (χ1) is 8.48. The standard InChI is InChI=1S/C10H5F2N3O2S/c11-7-2-1-3-8(9(7)12)18(16,17)10-6(4-13)5-14-15-10/h1-3,5H,(H,14,15). The molecule has 0 aliphatic carbocycles. The molecule has 1 N–H and O–H groups in total. The van der Waals surface area contributed by atoms with Crippen molar-refractivity contribution in [2.75, 3.05) is 0 Å². The zero-order valence-electron chi connectivity index (χ0n) is 8.68. The van der Waals surface area contributed by atoms with Crippen molar-refractivity contribution in [2.24, 2.45) is 0 Å². The van der Waals surface area contributed by atoms with Crippen LogP contribution in [0.1, 0.15) is 5.56 Å². The van der Waals surface area contributed by atoms with E-state index >= 15 is 0 Å². The minimum atomic E-state index is -4.37. The SMILES string of the molecule is N#Cc1c[nH]nc1S(=O)(=O)c1cccc(F)c1F. The summed E-state index contributed by atoms with van der Waals surface area (Å²) in [5.74, 6) is -2.78. The molecule has 0 unspecified atom stereocenters. The van der Waals surface area contributed by atoms with Gasteiger partial charge in [-0.05, 0) is 12.1 Å². The number of benzene rings is 1. The Morgan fingerprint density at radius 1 is 1.33 bits per heavy atom. The number of sulfone groups is 1. The minimum Gasteiger partial charge on any atom is -0.283 e. The number of nitrogens with zero attached hydrogens (tertiary/aromatic N) is 2. The Labute approximate surface area is 101 Å². The summed E-state index contributed by atoms with van der Waals surface area (Å²) >= 11 is 0. The van der Waals surface area contributed by atoms with Crippen LogP contribution in [-0.4, -0.2) is 18.6 Å². The lowest BCUT2D eigenvalue weighted by atomic mass is 10.3. The summed E-state index contributed by atoms with van der Waals surface area (Å²) in [6, 6.07) is 4.36. The molecule has 1 aromatic carbocycles. The topological polar surface area (TPSA) is 86.6 Å². The molecule has 0 aliphatic heterocycles. The highest BCUT2D eigenvalue weighted by Gasteiger charge is 2.28. The van der Waals surface area contributed by atoms with Crippen molar-refractivity contribution < 1.29 is 17.2 Å². The highest BCUT2D eigenvalue weighted by atomic mass is 32.2. The quantitative estimate of drug-likeness (QED) is 0.892. The van der Waals surface area contributed by atoms with Gasteiger partial charge in [0.2, 0.25) is 9.84 Å². The van der Waals surface area contributed by atoms with Crippen LogP contribution in [0.5, 0.6) is 0 Å². The Hall–Kier alpha value is -2.27. The molecule has 0 radical (unpaired) electrons. The van der Waals surface area contributed by atoms with Crippen molar-refractivity contribution >= 4 is 9.84 Å². The van der Waals surface area contributed by atoms with Crippen molar-refractivity contribution in [3.8, 4) is 6.07 Å². The molecular weight excluding hydrogens is 264 g/mol. The Bertz CT molecular complexity index is 747. The molecule has 1 aromatic heterocycles. The molecule has 0 fully saturated rings. The van der Waals surface area contributed by atoms with Crippen LogP contribution in [0.3, 0.4) is 0 Å². The maximum Gasteiger partial charge on any atom is 0.230 e. The van der Waals surface area contributed by atoms with Crippen molar-refractivity contribution in [1.29, 1.82) is 5.26 Å². The number of nitrogens with one attached hydrogen (secondary N) is 1. The molecule has 0 atom stereocenters. The first-order valence-corrected chi connectivity index (χ1v) is 6.09. The number of aromatic amines is 1. The van der Waals surface area contributed by atoms with Crippen molar-refractivity contribution in [2.45, 2.75) is 9.92 Å². The molecule has 0 spiro atoms. The lowest BCUT2D eigenvalue weighted by molar-refractivity contribution is 0.484. The molecule has 0 bridgehead atoms. The van der Waals surface area contributed by atoms with Crippen LogP contribution in [0.2, 0.25) is 0 Å². The van der Waals surface area contributed by atoms with E-state index in [-0.39, 0.29) is 5.56 Å². The fourth-order valence-corrected chi connectivity index (χ4v) is 2.72. The second-order valence-corrected chi connectivity index (χ2v) is 5.10. The lowest BCUT2D eigenvalue weighted by Crippen LogP contribution is -2.08. The number of halogens is 2. The van der Waals surface area contributed by atoms with Crippen LogP contribution in [-0.2, 0) is 9.84 Å². The third-order valence-corrected chi connectivity index (χ3v) is 3.90. The van der Waals surface area contributed by atoms with E-state index in [9.17, 15) is 17.2 Å². The first-order valence-electron chi connectivity index (χ1n) is 4.61. The predicted octanol–water partition coefficient (Wildman–Crippen LogP) is 1.39. The monoisotopic (exact) mass is 269 g/mol. The van der Waals surface area contributed by atoms with Crippen LogP contribution in [0.15, 0.2) is 34.3 Å². The largest absolute Gasteiger partial charge is 0.283 e. The molecule has 8 heteroatoms. The summed E-state index contributed by atoms with van der Waals surface area (Å²) in [5, 5.41) is 13.6. The second kappa shape index (κ2) is 4.19. The van der Waals surface area contributed by atoms with Gasteiger partial charge < -0.3 is 0 Å². The number of nitriles is 1. The van der Waals surface area contributed by atoms with Gasteiger partial charge in [0.1, 0.15) is 16.5 Å². The van der Waals surface area contributed by atoms with Gasteiger partial charge >= 0.3 is 0 Å². The fourth-order valence-electron chi connectivity index (χ4n) is 1.36. The predicted molar refractivity (Wildman–Crippen MR) is 55.1 cm³/mol. The smallest absolute Gasteiger partial charge is 0.230 e. The zero-order chi connectivity index (χ0) is 13.3. The van der Waals surface area contributed by atoms with E-state index in [0.29, 0.717) is 0 Å². The van der Waals surface area contributed by atoms with Gasteiger partial charge in [-0.2, -0.15) is 10.4 Å². The van der Waals surface area contributed by atoms with E-state index in [1.165, 1.54) is 0 Å². The average Bonchev–Trinajstić information content (AvgIpc) is 2.81. The van der Waals surface area contributed by atoms with E-state index < -0.39 is 31.4 Å². The highest BCUT2D eigenvalue weighted by molar-refractivity contribution is 7.91.